The summed E-state index contributed by atoms with van der Waals surface area (Å²) < 4.78 is 5.59. The molecule has 0 radical (unpaired) electrons. The van der Waals surface area contributed by atoms with Gasteiger partial charge in [0.05, 0.1) is 12.2 Å². The largest absolute Gasteiger partial charge is 0.436 e. The molecule has 1 amide bonds. The molecule has 0 saturated carbocycles. The lowest BCUT2D eigenvalue weighted by Gasteiger charge is -2.23. The van der Waals surface area contributed by atoms with E-state index in [-0.39, 0.29) is 6.09 Å². The third-order valence-corrected chi connectivity index (χ3v) is 3.83. The van der Waals surface area contributed by atoms with Gasteiger partial charge in [-0.1, -0.05) is 48.6 Å². The Kier molecular flexibility index (Phi) is 4.51. The van der Waals surface area contributed by atoms with Crippen LogP contribution in [0.25, 0.3) is 0 Å². The Hall–Kier alpha value is -2.03. The Morgan fingerprint density at radius 1 is 1.33 bits per heavy atom. The van der Waals surface area contributed by atoms with Gasteiger partial charge < -0.3 is 4.74 Å². The van der Waals surface area contributed by atoms with Crippen LogP contribution in [0.5, 0.6) is 0 Å². The Bertz CT molecular complexity index is 558. The van der Waals surface area contributed by atoms with Crippen LogP contribution in [-0.2, 0) is 11.3 Å². The van der Waals surface area contributed by atoms with Crippen LogP contribution in [-0.4, -0.2) is 16.6 Å². The molecule has 21 heavy (non-hydrogen) atoms. The quantitative estimate of drug-likeness (QED) is 0.736. The fraction of sp³-hybridized carbons (Fsp3) is 0.389. The molecule has 112 valence electrons. The van der Waals surface area contributed by atoms with Gasteiger partial charge in [-0.25, -0.2) is 4.79 Å². The average Bonchev–Trinajstić information content (AvgIpc) is 2.63. The van der Waals surface area contributed by atoms with Crippen molar-refractivity contribution in [2.75, 3.05) is 0 Å². The maximum atomic E-state index is 12.1. The van der Waals surface area contributed by atoms with Crippen LogP contribution < -0.4 is 0 Å². The van der Waals surface area contributed by atoms with E-state index in [1.807, 2.05) is 37.3 Å². The first-order valence-corrected chi connectivity index (χ1v) is 7.29. The lowest BCUT2D eigenvalue weighted by atomic mass is 9.96. The average molecular weight is 285 g/mol. The van der Waals surface area contributed by atoms with E-state index in [2.05, 4.69) is 26.5 Å². The fourth-order valence-corrected chi connectivity index (χ4v) is 2.46. The molecule has 1 aliphatic rings. The zero-order valence-corrected chi connectivity index (χ0v) is 13.1. The summed E-state index contributed by atoms with van der Waals surface area (Å²) in [6, 6.07) is 9.89. The van der Waals surface area contributed by atoms with Gasteiger partial charge in [-0.3, -0.25) is 4.90 Å². The number of rotatable bonds is 5. The second kappa shape index (κ2) is 6.17. The second-order valence-corrected chi connectivity index (χ2v) is 5.94. The van der Waals surface area contributed by atoms with Crippen LogP contribution in [0.2, 0.25) is 0 Å². The summed E-state index contributed by atoms with van der Waals surface area (Å²) in [6.45, 7) is 10.7. The highest BCUT2D eigenvalue weighted by atomic mass is 16.6. The summed E-state index contributed by atoms with van der Waals surface area (Å²) in [5.41, 5.74) is 2.50. The molecule has 1 aromatic rings. The molecular weight excluding hydrogens is 262 g/mol. The van der Waals surface area contributed by atoms with E-state index < -0.39 is 5.60 Å². The van der Waals surface area contributed by atoms with E-state index >= 15 is 0 Å². The van der Waals surface area contributed by atoms with Crippen molar-refractivity contribution in [2.45, 2.75) is 45.8 Å². The van der Waals surface area contributed by atoms with Crippen LogP contribution in [0.4, 0.5) is 4.79 Å². The third kappa shape index (κ3) is 3.54. The normalized spacial score (nSPS) is 21.4. The highest BCUT2D eigenvalue weighted by Crippen LogP contribution is 2.36. The number of ether oxygens (including phenoxy) is 1. The number of allylic oxidation sites excluding steroid dienone is 2. The molecule has 1 aromatic carbocycles. The van der Waals surface area contributed by atoms with Gasteiger partial charge in [0.1, 0.15) is 0 Å². The first kappa shape index (κ1) is 15.4. The van der Waals surface area contributed by atoms with Crippen molar-refractivity contribution in [3.63, 3.8) is 0 Å². The molecule has 1 heterocycles. The van der Waals surface area contributed by atoms with Gasteiger partial charge in [-0.05, 0) is 39.2 Å². The second-order valence-electron chi connectivity index (χ2n) is 5.94. The van der Waals surface area contributed by atoms with Crippen molar-refractivity contribution in [2.24, 2.45) is 0 Å². The summed E-state index contributed by atoms with van der Waals surface area (Å²) in [5, 5.41) is 0. The Labute approximate surface area is 126 Å². The summed E-state index contributed by atoms with van der Waals surface area (Å²) in [4.78, 5) is 13.8. The predicted molar refractivity (Wildman–Crippen MR) is 84.7 cm³/mol. The molecule has 0 N–H and O–H groups in total. The SMILES string of the molecule is C=C1N(Cc2ccccc2)C(=O)OC1(C)CCC=C(C)C. The van der Waals surface area contributed by atoms with Gasteiger partial charge in [0.15, 0.2) is 5.60 Å². The standard InChI is InChI=1S/C18H23NO2/c1-14(2)9-8-12-18(4)15(3)19(17(20)21-18)13-16-10-6-5-7-11-16/h5-7,9-11H,3,8,12-13H2,1-2,4H3. The minimum Gasteiger partial charge on any atom is -0.436 e. The van der Waals surface area contributed by atoms with Crippen LogP contribution >= 0.6 is 0 Å². The van der Waals surface area contributed by atoms with Crippen molar-refractivity contribution in [3.8, 4) is 0 Å². The van der Waals surface area contributed by atoms with Gasteiger partial charge in [0, 0.05) is 0 Å². The Morgan fingerprint density at radius 3 is 2.62 bits per heavy atom. The summed E-state index contributed by atoms with van der Waals surface area (Å²) >= 11 is 0. The molecule has 2 rings (SSSR count). The summed E-state index contributed by atoms with van der Waals surface area (Å²) in [5.74, 6) is 0. The van der Waals surface area contributed by atoms with Crippen LogP contribution in [0.1, 0.15) is 39.2 Å². The van der Waals surface area contributed by atoms with Crippen molar-refractivity contribution in [3.05, 3.63) is 59.8 Å². The maximum absolute atomic E-state index is 12.1. The van der Waals surface area contributed by atoms with E-state index in [0.29, 0.717) is 6.54 Å². The van der Waals surface area contributed by atoms with Crippen molar-refractivity contribution >= 4 is 6.09 Å². The number of cyclic esters (lactones) is 1. The topological polar surface area (TPSA) is 29.5 Å². The number of hydrogen-bond acceptors (Lipinski definition) is 2. The van der Waals surface area contributed by atoms with Crippen molar-refractivity contribution in [1.29, 1.82) is 0 Å². The Balaban J connectivity index is 2.07. The number of benzene rings is 1. The summed E-state index contributed by atoms with van der Waals surface area (Å²) in [7, 11) is 0. The van der Waals surface area contributed by atoms with Crippen LogP contribution in [0.3, 0.4) is 0 Å². The minimum absolute atomic E-state index is 0.302. The zero-order chi connectivity index (χ0) is 15.5. The van der Waals surface area contributed by atoms with Crippen molar-refractivity contribution < 1.29 is 9.53 Å². The smallest absolute Gasteiger partial charge is 0.415 e. The predicted octanol–water partition coefficient (Wildman–Crippen LogP) is 4.66. The lowest BCUT2D eigenvalue weighted by molar-refractivity contribution is 0.0759. The van der Waals surface area contributed by atoms with E-state index in [9.17, 15) is 4.79 Å². The number of hydrogen-bond donors (Lipinski definition) is 0. The number of nitrogens with zero attached hydrogens (tertiary/aromatic N) is 1. The number of amides is 1. The number of carbonyl (C=O) groups is 1. The van der Waals surface area contributed by atoms with Gasteiger partial charge in [0.25, 0.3) is 0 Å². The molecule has 0 aromatic heterocycles. The molecule has 0 spiro atoms. The molecular formula is C18H23NO2. The summed E-state index contributed by atoms with van der Waals surface area (Å²) in [6.07, 6.45) is 3.49. The monoisotopic (exact) mass is 285 g/mol. The van der Waals surface area contributed by atoms with E-state index in [1.54, 1.807) is 4.90 Å². The van der Waals surface area contributed by atoms with Crippen LogP contribution in [0.15, 0.2) is 54.3 Å². The van der Waals surface area contributed by atoms with E-state index in [0.717, 1.165) is 24.1 Å². The lowest BCUT2D eigenvalue weighted by Crippen LogP contribution is -2.27. The fourth-order valence-electron chi connectivity index (χ4n) is 2.46. The third-order valence-electron chi connectivity index (χ3n) is 3.83. The molecule has 3 heteroatoms. The van der Waals surface area contributed by atoms with Gasteiger partial charge in [-0.2, -0.15) is 0 Å². The maximum Gasteiger partial charge on any atom is 0.415 e. The molecule has 1 fully saturated rings. The first-order chi connectivity index (χ1) is 9.92. The van der Waals surface area contributed by atoms with Crippen molar-refractivity contribution in [1.82, 2.24) is 4.90 Å². The van der Waals surface area contributed by atoms with E-state index in [1.165, 1.54) is 5.57 Å². The zero-order valence-electron chi connectivity index (χ0n) is 13.1. The molecule has 3 nitrogen and oxygen atoms in total. The van der Waals surface area contributed by atoms with Gasteiger partial charge >= 0.3 is 6.09 Å². The highest BCUT2D eigenvalue weighted by Gasteiger charge is 2.44. The highest BCUT2D eigenvalue weighted by molar-refractivity contribution is 5.74. The molecule has 1 aliphatic heterocycles. The van der Waals surface area contributed by atoms with Gasteiger partial charge in [-0.15, -0.1) is 0 Å². The number of carbonyl (C=O) groups excluding carboxylic acids is 1. The molecule has 1 saturated heterocycles. The molecule has 0 aliphatic carbocycles. The van der Waals surface area contributed by atoms with Gasteiger partial charge in [0.2, 0.25) is 0 Å². The molecule has 1 atom stereocenters. The first-order valence-electron chi connectivity index (χ1n) is 7.29. The van der Waals surface area contributed by atoms with Crippen LogP contribution in [0, 0.1) is 0 Å². The molecule has 1 unspecified atom stereocenters. The molecule has 0 bridgehead atoms. The minimum atomic E-state index is -0.599. The Morgan fingerprint density at radius 2 is 2.00 bits per heavy atom. The van der Waals surface area contributed by atoms with E-state index in [4.69, 9.17) is 4.74 Å².